The average molecular weight is 415 g/mol. The van der Waals surface area contributed by atoms with Crippen LogP contribution in [0.25, 0.3) is 0 Å². The monoisotopic (exact) mass is 415 g/mol. The molecule has 1 spiro atoms. The first-order valence-electron chi connectivity index (χ1n) is 11.0. The molecule has 6 heteroatoms. The SMILES string of the molecule is Cc1ccc2c(c1)[C@]1(C(=O)N2)[C@@H]2C(=O)N(c3ccc(C)c(C)c3)C(=O)[C@@H]2[C@H]2CCCN21. The Balaban J connectivity index is 1.56. The van der Waals surface area contributed by atoms with Gasteiger partial charge >= 0.3 is 0 Å². The van der Waals surface area contributed by atoms with Crippen molar-refractivity contribution in [3.8, 4) is 0 Å². The largest absolute Gasteiger partial charge is 0.324 e. The van der Waals surface area contributed by atoms with Gasteiger partial charge in [0.25, 0.3) is 0 Å². The van der Waals surface area contributed by atoms with E-state index in [1.54, 1.807) is 0 Å². The Morgan fingerprint density at radius 3 is 2.55 bits per heavy atom. The van der Waals surface area contributed by atoms with Gasteiger partial charge in [-0.25, -0.2) is 4.90 Å². The molecule has 4 heterocycles. The molecule has 0 saturated carbocycles. The number of hydrogen-bond donors (Lipinski definition) is 1. The van der Waals surface area contributed by atoms with E-state index in [1.807, 2.05) is 57.2 Å². The molecule has 1 N–H and O–H groups in total. The van der Waals surface area contributed by atoms with Crippen LogP contribution in [0.2, 0.25) is 0 Å². The summed E-state index contributed by atoms with van der Waals surface area (Å²) in [6, 6.07) is 11.5. The lowest BCUT2D eigenvalue weighted by Crippen LogP contribution is -2.54. The number of fused-ring (bicyclic) bond motifs is 7. The molecule has 3 amide bonds. The Kier molecular flexibility index (Phi) is 3.65. The molecule has 0 aliphatic carbocycles. The lowest BCUT2D eigenvalue weighted by molar-refractivity contribution is -0.135. The van der Waals surface area contributed by atoms with E-state index in [0.29, 0.717) is 5.69 Å². The molecule has 3 saturated heterocycles. The van der Waals surface area contributed by atoms with Crippen LogP contribution >= 0.6 is 0 Å². The number of carbonyl (C=O) groups excluding carboxylic acids is 3. The van der Waals surface area contributed by atoms with E-state index in [-0.39, 0.29) is 23.8 Å². The van der Waals surface area contributed by atoms with Gasteiger partial charge in [-0.3, -0.25) is 19.3 Å². The van der Waals surface area contributed by atoms with Crippen LogP contribution in [-0.4, -0.2) is 35.2 Å². The van der Waals surface area contributed by atoms with Gasteiger partial charge in [-0.2, -0.15) is 0 Å². The molecule has 2 aromatic carbocycles. The van der Waals surface area contributed by atoms with Crippen molar-refractivity contribution in [1.82, 2.24) is 4.90 Å². The first kappa shape index (κ1) is 18.8. The summed E-state index contributed by atoms with van der Waals surface area (Å²) in [5, 5.41) is 3.03. The third-order valence-corrected chi connectivity index (χ3v) is 7.90. The third kappa shape index (κ3) is 2.13. The van der Waals surface area contributed by atoms with Gasteiger partial charge in [-0.05, 0) is 69.5 Å². The molecular weight excluding hydrogens is 390 g/mol. The second-order valence-corrected chi connectivity index (χ2v) is 9.46. The van der Waals surface area contributed by atoms with Gasteiger partial charge in [0.05, 0.1) is 17.5 Å². The number of hydrogen-bond acceptors (Lipinski definition) is 4. The van der Waals surface area contributed by atoms with Gasteiger partial charge < -0.3 is 5.32 Å². The standard InChI is InChI=1S/C25H25N3O3/c1-13-6-9-18-17(11-13)25(24(31)26-18)21-20(19-5-4-10-27(19)25)22(29)28(23(21)30)16-8-7-14(2)15(3)12-16/h6-9,11-12,19-21H,4-5,10H2,1-3H3,(H,26,31)/t19-,20-,21+,25-/m1/s1. The van der Waals surface area contributed by atoms with E-state index in [9.17, 15) is 14.4 Å². The summed E-state index contributed by atoms with van der Waals surface area (Å²) in [6.07, 6.45) is 1.76. The third-order valence-electron chi connectivity index (χ3n) is 7.90. The van der Waals surface area contributed by atoms with E-state index in [4.69, 9.17) is 0 Å². The summed E-state index contributed by atoms with van der Waals surface area (Å²) in [5.41, 5.74) is 4.29. The van der Waals surface area contributed by atoms with Crippen LogP contribution in [0.4, 0.5) is 11.4 Å². The van der Waals surface area contributed by atoms with E-state index < -0.39 is 17.4 Å². The van der Waals surface area contributed by atoms with E-state index in [0.717, 1.165) is 47.3 Å². The van der Waals surface area contributed by atoms with Gasteiger partial charge in [-0.15, -0.1) is 0 Å². The van der Waals surface area contributed by atoms with Crippen molar-refractivity contribution in [2.24, 2.45) is 11.8 Å². The fourth-order valence-corrected chi connectivity index (χ4v) is 6.44. The highest BCUT2D eigenvalue weighted by atomic mass is 16.2. The highest BCUT2D eigenvalue weighted by Gasteiger charge is 2.74. The van der Waals surface area contributed by atoms with Crippen molar-refractivity contribution in [3.63, 3.8) is 0 Å². The van der Waals surface area contributed by atoms with Crippen molar-refractivity contribution in [3.05, 3.63) is 58.7 Å². The van der Waals surface area contributed by atoms with Crippen LogP contribution < -0.4 is 10.2 Å². The average Bonchev–Trinajstić information content (AvgIpc) is 3.43. The predicted molar refractivity (Wildman–Crippen MR) is 117 cm³/mol. The fourth-order valence-electron chi connectivity index (χ4n) is 6.44. The zero-order chi connectivity index (χ0) is 21.7. The van der Waals surface area contributed by atoms with Gasteiger partial charge in [0.2, 0.25) is 17.7 Å². The first-order valence-corrected chi connectivity index (χ1v) is 11.0. The van der Waals surface area contributed by atoms with Gasteiger partial charge in [-0.1, -0.05) is 23.8 Å². The number of nitrogens with one attached hydrogen (secondary N) is 1. The molecule has 6 nitrogen and oxygen atoms in total. The first-order chi connectivity index (χ1) is 14.9. The van der Waals surface area contributed by atoms with E-state index in [2.05, 4.69) is 10.2 Å². The highest BCUT2D eigenvalue weighted by molar-refractivity contribution is 6.25. The van der Waals surface area contributed by atoms with Crippen LogP contribution in [0.5, 0.6) is 0 Å². The summed E-state index contributed by atoms with van der Waals surface area (Å²) in [5.74, 6) is -1.78. The quantitative estimate of drug-likeness (QED) is 0.727. The Hall–Kier alpha value is -2.99. The molecule has 158 valence electrons. The minimum absolute atomic E-state index is 0.0878. The second-order valence-electron chi connectivity index (χ2n) is 9.46. The maximum absolute atomic E-state index is 13.9. The van der Waals surface area contributed by atoms with Crippen molar-refractivity contribution in [2.75, 3.05) is 16.8 Å². The predicted octanol–water partition coefficient (Wildman–Crippen LogP) is 3.04. The maximum atomic E-state index is 13.9. The van der Waals surface area contributed by atoms with Crippen LogP contribution in [0.15, 0.2) is 36.4 Å². The number of imide groups is 1. The molecule has 4 atom stereocenters. The number of rotatable bonds is 1. The van der Waals surface area contributed by atoms with Gasteiger partial charge in [0.1, 0.15) is 5.54 Å². The Labute approximate surface area is 181 Å². The second kappa shape index (κ2) is 6.04. The van der Waals surface area contributed by atoms with Crippen molar-refractivity contribution < 1.29 is 14.4 Å². The summed E-state index contributed by atoms with van der Waals surface area (Å²) in [6.45, 7) is 6.71. The van der Waals surface area contributed by atoms with Crippen LogP contribution in [0.3, 0.4) is 0 Å². The summed E-state index contributed by atoms with van der Waals surface area (Å²) < 4.78 is 0. The minimum atomic E-state index is -1.10. The van der Waals surface area contributed by atoms with E-state index >= 15 is 0 Å². The summed E-state index contributed by atoms with van der Waals surface area (Å²) in [4.78, 5) is 44.8. The molecule has 0 unspecified atom stereocenters. The number of nitrogens with zero attached hydrogens (tertiary/aromatic N) is 2. The molecule has 4 aliphatic heterocycles. The van der Waals surface area contributed by atoms with Crippen molar-refractivity contribution >= 4 is 29.1 Å². The van der Waals surface area contributed by atoms with Crippen LogP contribution in [0, 0.1) is 32.6 Å². The zero-order valence-electron chi connectivity index (χ0n) is 17.9. The van der Waals surface area contributed by atoms with Gasteiger partial charge in [0.15, 0.2) is 0 Å². The van der Waals surface area contributed by atoms with Crippen molar-refractivity contribution in [2.45, 2.75) is 45.2 Å². The van der Waals surface area contributed by atoms with Crippen molar-refractivity contribution in [1.29, 1.82) is 0 Å². The van der Waals surface area contributed by atoms with Crippen LogP contribution in [-0.2, 0) is 19.9 Å². The summed E-state index contributed by atoms with van der Waals surface area (Å²) in [7, 11) is 0. The fraction of sp³-hybridized carbons (Fsp3) is 0.400. The lowest BCUT2D eigenvalue weighted by atomic mass is 9.75. The molecule has 3 fully saturated rings. The number of amides is 3. The minimum Gasteiger partial charge on any atom is -0.324 e. The molecule has 0 bridgehead atoms. The van der Waals surface area contributed by atoms with E-state index in [1.165, 1.54) is 4.90 Å². The van der Waals surface area contributed by atoms with Gasteiger partial charge in [0, 0.05) is 17.3 Å². The molecule has 0 radical (unpaired) electrons. The molecule has 0 aromatic heterocycles. The molecule has 2 aromatic rings. The number of aryl methyl sites for hydroxylation is 3. The topological polar surface area (TPSA) is 69.7 Å². The Morgan fingerprint density at radius 1 is 0.968 bits per heavy atom. The summed E-state index contributed by atoms with van der Waals surface area (Å²) >= 11 is 0. The maximum Gasteiger partial charge on any atom is 0.250 e. The molecule has 31 heavy (non-hydrogen) atoms. The zero-order valence-corrected chi connectivity index (χ0v) is 17.9. The number of anilines is 2. The lowest BCUT2D eigenvalue weighted by Gasteiger charge is -2.36. The Morgan fingerprint density at radius 2 is 1.77 bits per heavy atom. The number of carbonyl (C=O) groups is 3. The highest BCUT2D eigenvalue weighted by Crippen LogP contribution is 2.60. The molecular formula is C25H25N3O3. The smallest absolute Gasteiger partial charge is 0.250 e. The molecule has 4 aliphatic rings. The Bertz CT molecular complexity index is 1190. The van der Waals surface area contributed by atoms with Crippen LogP contribution in [0.1, 0.15) is 35.1 Å². The molecule has 6 rings (SSSR count). The number of benzene rings is 2. The normalized spacial score (nSPS) is 31.4.